The highest BCUT2D eigenvalue weighted by molar-refractivity contribution is 6.04. The number of fused-ring (bicyclic) bond motifs is 1. The number of carbonyl (C=O) groups is 1. The molecule has 2 unspecified atom stereocenters. The summed E-state index contributed by atoms with van der Waals surface area (Å²) in [5.74, 6) is -0.318. The number of piperidine rings is 1. The maximum atomic E-state index is 13.2. The zero-order chi connectivity index (χ0) is 21.4. The number of halogens is 1. The molecule has 3 heterocycles. The molecule has 2 aromatic carbocycles. The van der Waals surface area contributed by atoms with E-state index in [2.05, 4.69) is 26.2 Å². The number of aryl methyl sites for hydroxylation is 1. The second-order valence-electron chi connectivity index (χ2n) is 8.42. The number of hydrazine groups is 1. The van der Waals surface area contributed by atoms with Crippen LogP contribution in [-0.4, -0.2) is 45.9 Å². The van der Waals surface area contributed by atoms with E-state index < -0.39 is 0 Å². The first-order chi connectivity index (χ1) is 15.1. The maximum Gasteiger partial charge on any atom is 0.272 e. The number of aromatic nitrogens is 2. The van der Waals surface area contributed by atoms with Gasteiger partial charge in [-0.1, -0.05) is 30.3 Å². The Kier molecular flexibility index (Phi) is 5.43. The van der Waals surface area contributed by atoms with Crippen molar-refractivity contribution in [3.8, 4) is 0 Å². The van der Waals surface area contributed by atoms with Crippen molar-refractivity contribution >= 4 is 16.8 Å². The zero-order valence-corrected chi connectivity index (χ0v) is 17.5. The Hall–Kier alpha value is -2.81. The molecule has 1 aromatic heterocycles. The summed E-state index contributed by atoms with van der Waals surface area (Å²) >= 11 is 0. The van der Waals surface area contributed by atoms with Gasteiger partial charge in [-0.2, -0.15) is 5.10 Å². The summed E-state index contributed by atoms with van der Waals surface area (Å²) in [6.45, 7) is 1.81. The number of nitrogens with zero attached hydrogens (tertiary/aromatic N) is 3. The van der Waals surface area contributed by atoms with Gasteiger partial charge in [0.1, 0.15) is 5.82 Å². The Bertz CT molecular complexity index is 1070. The number of benzene rings is 2. The fraction of sp³-hybridized carbons (Fsp3) is 0.391. The highest BCUT2D eigenvalue weighted by Gasteiger charge is 2.32. The molecule has 3 N–H and O–H groups in total. The van der Waals surface area contributed by atoms with E-state index in [1.54, 1.807) is 4.68 Å². The van der Waals surface area contributed by atoms with Gasteiger partial charge in [-0.05, 0) is 43.0 Å². The van der Waals surface area contributed by atoms with E-state index in [9.17, 15) is 9.18 Å². The quantitative estimate of drug-likeness (QED) is 0.602. The second-order valence-corrected chi connectivity index (χ2v) is 8.42. The number of para-hydroxylation sites is 1. The van der Waals surface area contributed by atoms with E-state index in [4.69, 9.17) is 0 Å². The molecule has 1 amide bonds. The number of rotatable bonds is 4. The van der Waals surface area contributed by atoms with Crippen LogP contribution in [0.15, 0.2) is 48.5 Å². The Balaban J connectivity index is 1.15. The van der Waals surface area contributed by atoms with Crippen molar-refractivity contribution < 1.29 is 9.18 Å². The van der Waals surface area contributed by atoms with Gasteiger partial charge in [0, 0.05) is 37.6 Å². The number of likely N-dealkylation sites (tertiary alicyclic amines) is 1. The van der Waals surface area contributed by atoms with Gasteiger partial charge in [-0.15, -0.1) is 0 Å². The van der Waals surface area contributed by atoms with Crippen LogP contribution in [0.2, 0.25) is 0 Å². The minimum absolute atomic E-state index is 0.104. The van der Waals surface area contributed by atoms with E-state index in [1.165, 1.54) is 12.1 Å². The SMILES string of the molecule is Cn1nc(C(=O)NC2CCN(C3CC(c4ccc(F)cc4)NN3)CC2)c2ccccc21. The van der Waals surface area contributed by atoms with Crippen LogP contribution in [0.4, 0.5) is 4.39 Å². The fourth-order valence-electron chi connectivity index (χ4n) is 4.68. The number of nitrogens with one attached hydrogen (secondary N) is 3. The molecule has 7 nitrogen and oxygen atoms in total. The third kappa shape index (κ3) is 4.06. The van der Waals surface area contributed by atoms with Crippen molar-refractivity contribution in [2.24, 2.45) is 7.05 Å². The summed E-state index contributed by atoms with van der Waals surface area (Å²) in [6.07, 6.45) is 2.94. The first-order valence-corrected chi connectivity index (χ1v) is 10.8. The molecule has 0 radical (unpaired) electrons. The lowest BCUT2D eigenvalue weighted by atomic mass is 10.0. The minimum atomic E-state index is -0.214. The largest absolute Gasteiger partial charge is 0.348 e. The smallest absolute Gasteiger partial charge is 0.272 e. The van der Waals surface area contributed by atoms with Crippen molar-refractivity contribution in [3.05, 3.63) is 65.6 Å². The Morgan fingerprint density at radius 3 is 2.61 bits per heavy atom. The van der Waals surface area contributed by atoms with Gasteiger partial charge in [0.2, 0.25) is 0 Å². The topological polar surface area (TPSA) is 74.2 Å². The summed E-state index contributed by atoms with van der Waals surface area (Å²) in [7, 11) is 1.86. The van der Waals surface area contributed by atoms with E-state index in [0.717, 1.165) is 48.8 Å². The highest BCUT2D eigenvalue weighted by Crippen LogP contribution is 2.26. The molecule has 5 rings (SSSR count). The predicted molar refractivity (Wildman–Crippen MR) is 117 cm³/mol. The van der Waals surface area contributed by atoms with Crippen LogP contribution in [0.1, 0.15) is 41.4 Å². The van der Waals surface area contributed by atoms with Crippen molar-refractivity contribution in [1.29, 1.82) is 0 Å². The van der Waals surface area contributed by atoms with Crippen LogP contribution in [0, 0.1) is 5.82 Å². The van der Waals surface area contributed by atoms with Crippen molar-refractivity contribution in [1.82, 2.24) is 30.8 Å². The molecule has 3 aromatic rings. The molecule has 162 valence electrons. The van der Waals surface area contributed by atoms with Gasteiger partial charge in [-0.25, -0.2) is 15.2 Å². The van der Waals surface area contributed by atoms with Gasteiger partial charge in [0.25, 0.3) is 5.91 Å². The molecule has 8 heteroatoms. The summed E-state index contributed by atoms with van der Waals surface area (Å²) in [6, 6.07) is 14.8. The van der Waals surface area contributed by atoms with Crippen LogP contribution in [0.5, 0.6) is 0 Å². The van der Waals surface area contributed by atoms with Crippen molar-refractivity contribution in [2.45, 2.75) is 37.5 Å². The second kappa shape index (κ2) is 8.37. The summed E-state index contributed by atoms with van der Waals surface area (Å²) < 4.78 is 14.9. The molecule has 0 aliphatic carbocycles. The lowest BCUT2D eigenvalue weighted by molar-refractivity contribution is 0.0876. The van der Waals surface area contributed by atoms with Gasteiger partial charge in [-0.3, -0.25) is 14.4 Å². The van der Waals surface area contributed by atoms with Crippen LogP contribution in [0.25, 0.3) is 10.9 Å². The number of hydrogen-bond acceptors (Lipinski definition) is 5. The highest BCUT2D eigenvalue weighted by atomic mass is 19.1. The van der Waals surface area contributed by atoms with E-state index >= 15 is 0 Å². The normalized spacial score (nSPS) is 22.8. The standard InChI is InChI=1S/C23H27FN6O/c1-29-20-5-3-2-4-18(20)22(28-29)23(31)25-17-10-12-30(13-11-17)21-14-19(26-27-21)15-6-8-16(24)9-7-15/h2-9,17,19,21,26-27H,10-14H2,1H3,(H,25,31). The third-order valence-electron chi connectivity index (χ3n) is 6.43. The summed E-state index contributed by atoms with van der Waals surface area (Å²) in [5.41, 5.74) is 9.24. The molecule has 0 saturated carbocycles. The van der Waals surface area contributed by atoms with Crippen molar-refractivity contribution in [3.63, 3.8) is 0 Å². The van der Waals surface area contributed by atoms with E-state index in [-0.39, 0.29) is 30.0 Å². The van der Waals surface area contributed by atoms with Gasteiger partial charge < -0.3 is 5.32 Å². The lowest BCUT2D eigenvalue weighted by Gasteiger charge is -2.35. The summed E-state index contributed by atoms with van der Waals surface area (Å²) in [5, 5.41) is 8.49. The van der Waals surface area contributed by atoms with Crippen LogP contribution in [0.3, 0.4) is 0 Å². The first-order valence-electron chi connectivity index (χ1n) is 10.8. The molecule has 2 atom stereocenters. The Morgan fingerprint density at radius 2 is 1.84 bits per heavy atom. The zero-order valence-electron chi connectivity index (χ0n) is 17.5. The molecule has 0 bridgehead atoms. The Morgan fingerprint density at radius 1 is 1.10 bits per heavy atom. The predicted octanol–water partition coefficient (Wildman–Crippen LogP) is 2.47. The number of amides is 1. The van der Waals surface area contributed by atoms with Crippen LogP contribution < -0.4 is 16.2 Å². The molecular formula is C23H27FN6O. The lowest BCUT2D eigenvalue weighted by Crippen LogP contribution is -2.51. The van der Waals surface area contributed by atoms with Crippen LogP contribution in [-0.2, 0) is 7.05 Å². The van der Waals surface area contributed by atoms with Crippen molar-refractivity contribution in [2.75, 3.05) is 13.1 Å². The average Bonchev–Trinajstić information content (AvgIpc) is 3.41. The van der Waals surface area contributed by atoms with Gasteiger partial charge in [0.05, 0.1) is 11.7 Å². The minimum Gasteiger partial charge on any atom is -0.348 e. The number of hydrogen-bond donors (Lipinski definition) is 3. The number of carbonyl (C=O) groups excluding carboxylic acids is 1. The molecule has 2 saturated heterocycles. The molecule has 0 spiro atoms. The van der Waals surface area contributed by atoms with Gasteiger partial charge in [0.15, 0.2) is 5.69 Å². The third-order valence-corrected chi connectivity index (χ3v) is 6.43. The fourth-order valence-corrected chi connectivity index (χ4v) is 4.68. The first kappa shape index (κ1) is 20.1. The molecule has 2 fully saturated rings. The maximum absolute atomic E-state index is 13.2. The summed E-state index contributed by atoms with van der Waals surface area (Å²) in [4.78, 5) is 15.3. The molecule has 31 heavy (non-hydrogen) atoms. The Labute approximate surface area is 180 Å². The van der Waals surface area contributed by atoms with Crippen LogP contribution >= 0.6 is 0 Å². The molecule has 2 aliphatic heterocycles. The molecular weight excluding hydrogens is 395 g/mol. The monoisotopic (exact) mass is 422 g/mol. The molecule has 2 aliphatic rings. The average molecular weight is 423 g/mol. The van der Waals surface area contributed by atoms with Gasteiger partial charge >= 0.3 is 0 Å². The van der Waals surface area contributed by atoms with E-state index in [1.807, 2.05) is 43.4 Å². The van der Waals surface area contributed by atoms with E-state index in [0.29, 0.717) is 5.69 Å².